The highest BCUT2D eigenvalue weighted by Crippen LogP contribution is 2.36. The van der Waals surface area contributed by atoms with Gasteiger partial charge in [0.25, 0.3) is 0 Å². The molecule has 0 radical (unpaired) electrons. The lowest BCUT2D eigenvalue weighted by atomic mass is 10.2. The molecule has 1 unspecified atom stereocenters. The van der Waals surface area contributed by atoms with Crippen molar-refractivity contribution in [1.29, 1.82) is 0 Å². The van der Waals surface area contributed by atoms with Crippen molar-refractivity contribution in [3.8, 4) is 0 Å². The molecule has 2 nitrogen and oxygen atoms in total. The number of rotatable bonds is 2. The molecule has 1 aliphatic heterocycles. The van der Waals surface area contributed by atoms with Crippen molar-refractivity contribution < 1.29 is 0 Å². The number of nitrogens with zero attached hydrogens (tertiary/aromatic N) is 1. The summed E-state index contributed by atoms with van der Waals surface area (Å²) in [6, 6.07) is 6.28. The summed E-state index contributed by atoms with van der Waals surface area (Å²) in [6.07, 6.45) is 0. The lowest BCUT2D eigenvalue weighted by Crippen LogP contribution is -2.38. The van der Waals surface area contributed by atoms with Gasteiger partial charge in [0.15, 0.2) is 0 Å². The Bertz CT molecular complexity index is 354. The molecule has 2 N–H and O–H groups in total. The third-order valence-corrected chi connectivity index (χ3v) is 3.65. The van der Waals surface area contributed by atoms with E-state index < -0.39 is 0 Å². The molecule has 0 amide bonds. The molecule has 4 heteroatoms. The van der Waals surface area contributed by atoms with Crippen molar-refractivity contribution in [3.63, 3.8) is 0 Å². The van der Waals surface area contributed by atoms with E-state index in [1.165, 1.54) is 10.6 Å². The van der Waals surface area contributed by atoms with Crippen LogP contribution in [0, 0.1) is 0 Å². The van der Waals surface area contributed by atoms with E-state index in [-0.39, 0.29) is 6.04 Å². The van der Waals surface area contributed by atoms with Crippen LogP contribution in [0.1, 0.15) is 6.92 Å². The van der Waals surface area contributed by atoms with E-state index in [1.54, 1.807) is 0 Å². The van der Waals surface area contributed by atoms with E-state index in [0.29, 0.717) is 0 Å². The van der Waals surface area contributed by atoms with E-state index in [1.807, 2.05) is 30.8 Å². The van der Waals surface area contributed by atoms with Gasteiger partial charge >= 0.3 is 0 Å². The van der Waals surface area contributed by atoms with E-state index in [4.69, 9.17) is 17.3 Å². The average Bonchev–Trinajstić information content (AvgIpc) is 2.16. The first-order valence-corrected chi connectivity index (χ1v) is 6.46. The number of hydrogen-bond acceptors (Lipinski definition) is 3. The van der Waals surface area contributed by atoms with Gasteiger partial charge in [0, 0.05) is 34.8 Å². The molecular weight excluding hydrogens is 228 g/mol. The van der Waals surface area contributed by atoms with Crippen molar-refractivity contribution in [1.82, 2.24) is 0 Å². The molecule has 82 valence electrons. The summed E-state index contributed by atoms with van der Waals surface area (Å²) in [5.41, 5.74) is 7.11. The Morgan fingerprint density at radius 3 is 3.13 bits per heavy atom. The molecule has 0 aromatic heterocycles. The zero-order chi connectivity index (χ0) is 10.8. The summed E-state index contributed by atoms with van der Waals surface area (Å²) in [5, 5.41) is 0.809. The number of nitrogens with two attached hydrogens (primary N) is 1. The van der Waals surface area contributed by atoms with Gasteiger partial charge in [-0.1, -0.05) is 11.6 Å². The number of halogens is 1. The standard InChI is InChI=1S/C11H15ClN2S/c1-8(13)7-14-4-5-15-11-6-9(12)2-3-10(11)14/h2-3,6,8H,4-5,7,13H2,1H3. The Labute approximate surface area is 99.8 Å². The third kappa shape index (κ3) is 2.60. The molecule has 1 aromatic rings. The van der Waals surface area contributed by atoms with E-state index in [2.05, 4.69) is 11.0 Å². The maximum absolute atomic E-state index is 5.97. The molecule has 0 aliphatic carbocycles. The zero-order valence-electron chi connectivity index (χ0n) is 8.74. The predicted octanol–water partition coefficient (Wildman–Crippen LogP) is 2.60. The van der Waals surface area contributed by atoms with Gasteiger partial charge in [-0.25, -0.2) is 0 Å². The van der Waals surface area contributed by atoms with Gasteiger partial charge < -0.3 is 10.6 Å². The van der Waals surface area contributed by atoms with E-state index in [9.17, 15) is 0 Å². The van der Waals surface area contributed by atoms with Crippen LogP contribution in [-0.2, 0) is 0 Å². The van der Waals surface area contributed by atoms with Gasteiger partial charge in [0.2, 0.25) is 0 Å². The molecule has 0 saturated heterocycles. The Hall–Kier alpha value is -0.380. The second-order valence-electron chi connectivity index (χ2n) is 3.88. The summed E-state index contributed by atoms with van der Waals surface area (Å²) in [5.74, 6) is 1.11. The molecule has 1 aliphatic rings. The van der Waals surface area contributed by atoms with Gasteiger partial charge in [0.1, 0.15) is 0 Å². The zero-order valence-corrected chi connectivity index (χ0v) is 10.3. The highest BCUT2D eigenvalue weighted by molar-refractivity contribution is 7.99. The minimum atomic E-state index is 0.205. The van der Waals surface area contributed by atoms with Crippen LogP contribution in [0.3, 0.4) is 0 Å². The molecule has 0 spiro atoms. The number of fused-ring (bicyclic) bond motifs is 1. The van der Waals surface area contributed by atoms with Gasteiger partial charge in [-0.3, -0.25) is 0 Å². The quantitative estimate of drug-likeness (QED) is 0.865. The molecule has 0 bridgehead atoms. The van der Waals surface area contributed by atoms with E-state index in [0.717, 1.165) is 23.9 Å². The summed E-state index contributed by atoms with van der Waals surface area (Å²) in [6.45, 7) is 4.02. The number of thioether (sulfide) groups is 1. The summed E-state index contributed by atoms with van der Waals surface area (Å²) in [7, 11) is 0. The Balaban J connectivity index is 2.26. The maximum atomic E-state index is 5.97. The van der Waals surface area contributed by atoms with Gasteiger partial charge in [-0.2, -0.15) is 0 Å². The molecule has 1 atom stereocenters. The molecular formula is C11H15ClN2S. The largest absolute Gasteiger partial charge is 0.368 e. The van der Waals surface area contributed by atoms with Crippen LogP contribution in [0.4, 0.5) is 5.69 Å². The first-order chi connectivity index (χ1) is 7.16. The first kappa shape index (κ1) is 11.1. The lowest BCUT2D eigenvalue weighted by Gasteiger charge is -2.32. The molecule has 0 saturated carbocycles. The topological polar surface area (TPSA) is 29.3 Å². The molecule has 1 heterocycles. The second kappa shape index (κ2) is 4.64. The average molecular weight is 243 g/mol. The Morgan fingerprint density at radius 2 is 2.40 bits per heavy atom. The fraction of sp³-hybridized carbons (Fsp3) is 0.455. The number of hydrogen-bond donors (Lipinski definition) is 1. The minimum absolute atomic E-state index is 0.205. The van der Waals surface area contributed by atoms with Crippen LogP contribution < -0.4 is 10.6 Å². The molecule has 0 fully saturated rings. The van der Waals surface area contributed by atoms with Crippen LogP contribution in [-0.4, -0.2) is 24.9 Å². The smallest absolute Gasteiger partial charge is 0.0506 e. The highest BCUT2D eigenvalue weighted by atomic mass is 35.5. The van der Waals surface area contributed by atoms with E-state index >= 15 is 0 Å². The lowest BCUT2D eigenvalue weighted by molar-refractivity contribution is 0.684. The van der Waals surface area contributed by atoms with Crippen molar-refractivity contribution in [3.05, 3.63) is 23.2 Å². The van der Waals surface area contributed by atoms with Crippen molar-refractivity contribution >= 4 is 29.1 Å². The maximum Gasteiger partial charge on any atom is 0.0506 e. The number of anilines is 1. The molecule has 2 rings (SSSR count). The molecule has 1 aromatic carbocycles. The number of benzene rings is 1. The van der Waals surface area contributed by atoms with Crippen molar-refractivity contribution in [2.24, 2.45) is 5.73 Å². The van der Waals surface area contributed by atoms with Crippen molar-refractivity contribution in [2.45, 2.75) is 17.9 Å². The fourth-order valence-electron chi connectivity index (χ4n) is 1.79. The molecule has 15 heavy (non-hydrogen) atoms. The second-order valence-corrected chi connectivity index (χ2v) is 5.46. The van der Waals surface area contributed by atoms with Gasteiger partial charge in [0.05, 0.1) is 5.69 Å². The summed E-state index contributed by atoms with van der Waals surface area (Å²) in [4.78, 5) is 3.61. The van der Waals surface area contributed by atoms with Gasteiger partial charge in [-0.15, -0.1) is 11.8 Å². The normalized spacial score (nSPS) is 17.4. The van der Waals surface area contributed by atoms with Crippen LogP contribution in [0.25, 0.3) is 0 Å². The van der Waals surface area contributed by atoms with Crippen LogP contribution >= 0.6 is 23.4 Å². The van der Waals surface area contributed by atoms with Crippen LogP contribution in [0.2, 0.25) is 5.02 Å². The Morgan fingerprint density at radius 1 is 1.60 bits per heavy atom. The van der Waals surface area contributed by atoms with Crippen LogP contribution in [0.5, 0.6) is 0 Å². The third-order valence-electron chi connectivity index (χ3n) is 2.39. The monoisotopic (exact) mass is 242 g/mol. The van der Waals surface area contributed by atoms with Crippen LogP contribution in [0.15, 0.2) is 23.1 Å². The fourth-order valence-corrected chi connectivity index (χ4v) is 3.11. The minimum Gasteiger partial charge on any atom is -0.368 e. The predicted molar refractivity (Wildman–Crippen MR) is 68.0 cm³/mol. The Kier molecular flexibility index (Phi) is 3.44. The highest BCUT2D eigenvalue weighted by Gasteiger charge is 2.17. The summed E-state index contributed by atoms with van der Waals surface area (Å²) < 4.78 is 0. The van der Waals surface area contributed by atoms with Crippen molar-refractivity contribution in [2.75, 3.05) is 23.7 Å². The van der Waals surface area contributed by atoms with Gasteiger partial charge in [-0.05, 0) is 25.1 Å². The summed E-state index contributed by atoms with van der Waals surface area (Å²) >= 11 is 7.84. The SMILES string of the molecule is CC(N)CN1CCSc2cc(Cl)ccc21. The first-order valence-electron chi connectivity index (χ1n) is 5.09.